The standard InChI is InChI=1S/C16H17BrN2O5/c1-2-18(9-14(21)22)13(20)4-3-7-19-15(23)11-6-5-10(17)8-12(11)16(19)24/h5-6,8H,2-4,7,9H2,1H3,(H,21,22). The lowest BCUT2D eigenvalue weighted by Gasteiger charge is -2.19. The van der Waals surface area contributed by atoms with Gasteiger partial charge < -0.3 is 10.0 Å². The number of aliphatic carboxylic acids is 1. The topological polar surface area (TPSA) is 95.0 Å². The summed E-state index contributed by atoms with van der Waals surface area (Å²) in [5, 5.41) is 8.76. The fourth-order valence-corrected chi connectivity index (χ4v) is 2.91. The number of imide groups is 1. The van der Waals surface area contributed by atoms with Gasteiger partial charge in [0, 0.05) is 24.0 Å². The predicted octanol–water partition coefficient (Wildman–Crippen LogP) is 1.76. The molecule has 0 radical (unpaired) electrons. The van der Waals surface area contributed by atoms with Crippen LogP contribution in [0.3, 0.4) is 0 Å². The molecule has 128 valence electrons. The van der Waals surface area contributed by atoms with Crippen LogP contribution in [0.1, 0.15) is 40.5 Å². The van der Waals surface area contributed by atoms with Crippen molar-refractivity contribution in [2.45, 2.75) is 19.8 Å². The number of nitrogens with zero attached hydrogens (tertiary/aromatic N) is 2. The number of hydrogen-bond acceptors (Lipinski definition) is 4. The Morgan fingerprint density at radius 2 is 1.88 bits per heavy atom. The van der Waals surface area contributed by atoms with Crippen molar-refractivity contribution < 1.29 is 24.3 Å². The number of carbonyl (C=O) groups is 4. The minimum absolute atomic E-state index is 0.0816. The third kappa shape index (κ3) is 3.81. The van der Waals surface area contributed by atoms with Crippen molar-refractivity contribution in [1.29, 1.82) is 0 Å². The highest BCUT2D eigenvalue weighted by Crippen LogP contribution is 2.26. The average Bonchev–Trinajstić information content (AvgIpc) is 2.76. The maximum Gasteiger partial charge on any atom is 0.323 e. The van der Waals surface area contributed by atoms with Crippen LogP contribution in [0.5, 0.6) is 0 Å². The summed E-state index contributed by atoms with van der Waals surface area (Å²) in [7, 11) is 0. The molecule has 1 aliphatic rings. The molecule has 0 saturated heterocycles. The Labute approximate surface area is 147 Å². The maximum atomic E-state index is 12.3. The van der Waals surface area contributed by atoms with Gasteiger partial charge in [-0.3, -0.25) is 24.1 Å². The number of carbonyl (C=O) groups excluding carboxylic acids is 3. The first-order valence-electron chi connectivity index (χ1n) is 7.50. The number of hydrogen-bond donors (Lipinski definition) is 1. The summed E-state index contributed by atoms with van der Waals surface area (Å²) in [6.07, 6.45) is 0.375. The number of benzene rings is 1. The highest BCUT2D eigenvalue weighted by Gasteiger charge is 2.35. The van der Waals surface area contributed by atoms with Gasteiger partial charge in [-0.05, 0) is 31.5 Å². The van der Waals surface area contributed by atoms with Crippen LogP contribution in [0.2, 0.25) is 0 Å². The molecular weight excluding hydrogens is 380 g/mol. The molecule has 1 aromatic rings. The Morgan fingerprint density at radius 3 is 2.50 bits per heavy atom. The smallest absolute Gasteiger partial charge is 0.323 e. The van der Waals surface area contributed by atoms with Crippen molar-refractivity contribution in [1.82, 2.24) is 9.80 Å². The van der Waals surface area contributed by atoms with E-state index in [0.29, 0.717) is 28.6 Å². The zero-order chi connectivity index (χ0) is 17.9. The van der Waals surface area contributed by atoms with Crippen LogP contribution in [0.15, 0.2) is 22.7 Å². The second kappa shape index (κ2) is 7.57. The monoisotopic (exact) mass is 396 g/mol. The van der Waals surface area contributed by atoms with E-state index in [2.05, 4.69) is 15.9 Å². The predicted molar refractivity (Wildman–Crippen MR) is 88.6 cm³/mol. The van der Waals surface area contributed by atoms with Gasteiger partial charge in [-0.15, -0.1) is 0 Å². The molecule has 7 nitrogen and oxygen atoms in total. The average molecular weight is 397 g/mol. The molecule has 0 fully saturated rings. The SMILES string of the molecule is CCN(CC(=O)O)C(=O)CCCN1C(=O)c2ccc(Br)cc2C1=O. The van der Waals surface area contributed by atoms with E-state index in [1.54, 1.807) is 25.1 Å². The molecular formula is C16H17BrN2O5. The van der Waals surface area contributed by atoms with Crippen LogP contribution in [-0.4, -0.2) is 58.2 Å². The molecule has 0 aliphatic carbocycles. The summed E-state index contributed by atoms with van der Waals surface area (Å²) < 4.78 is 0.715. The van der Waals surface area contributed by atoms with Crippen LogP contribution in [0, 0.1) is 0 Å². The normalized spacial score (nSPS) is 13.2. The third-order valence-corrected chi connectivity index (χ3v) is 4.26. The second-order valence-corrected chi connectivity index (χ2v) is 6.27. The zero-order valence-corrected chi connectivity index (χ0v) is 14.7. The summed E-state index contributed by atoms with van der Waals surface area (Å²) in [5.74, 6) is -2.12. The Hall–Kier alpha value is -2.22. The van der Waals surface area contributed by atoms with Crippen LogP contribution in [0.4, 0.5) is 0 Å². The van der Waals surface area contributed by atoms with Crippen LogP contribution >= 0.6 is 15.9 Å². The molecule has 1 heterocycles. The molecule has 1 aromatic carbocycles. The Bertz CT molecular complexity index is 704. The van der Waals surface area contributed by atoms with Gasteiger partial charge in [0.25, 0.3) is 11.8 Å². The largest absolute Gasteiger partial charge is 0.480 e. The molecule has 3 amide bonds. The first-order valence-corrected chi connectivity index (χ1v) is 8.29. The molecule has 0 aromatic heterocycles. The van der Waals surface area contributed by atoms with Gasteiger partial charge in [0.05, 0.1) is 11.1 Å². The van der Waals surface area contributed by atoms with Gasteiger partial charge in [-0.2, -0.15) is 0 Å². The van der Waals surface area contributed by atoms with Crippen LogP contribution < -0.4 is 0 Å². The van der Waals surface area contributed by atoms with Crippen molar-refractivity contribution in [3.05, 3.63) is 33.8 Å². The number of carboxylic acid groups (broad SMARTS) is 1. The number of halogens is 1. The van der Waals surface area contributed by atoms with Crippen molar-refractivity contribution in [2.75, 3.05) is 19.6 Å². The first kappa shape index (κ1) is 18.1. The van der Waals surface area contributed by atoms with E-state index < -0.39 is 5.97 Å². The van der Waals surface area contributed by atoms with Crippen molar-refractivity contribution in [2.24, 2.45) is 0 Å². The summed E-state index contributed by atoms with van der Waals surface area (Å²) in [6.45, 7) is 1.77. The van der Waals surface area contributed by atoms with Gasteiger partial charge in [0.2, 0.25) is 5.91 Å². The third-order valence-electron chi connectivity index (χ3n) is 3.77. The lowest BCUT2D eigenvalue weighted by Crippen LogP contribution is -2.36. The highest BCUT2D eigenvalue weighted by atomic mass is 79.9. The number of carboxylic acids is 1. The van der Waals surface area contributed by atoms with Crippen molar-refractivity contribution in [3.63, 3.8) is 0 Å². The fraction of sp³-hybridized carbons (Fsp3) is 0.375. The Morgan fingerprint density at radius 1 is 1.21 bits per heavy atom. The number of amides is 3. The minimum atomic E-state index is -1.07. The van der Waals surface area contributed by atoms with Gasteiger partial charge >= 0.3 is 5.97 Å². The molecule has 0 spiro atoms. The number of rotatable bonds is 7. The van der Waals surface area contributed by atoms with Gasteiger partial charge in [0.1, 0.15) is 6.54 Å². The second-order valence-electron chi connectivity index (χ2n) is 5.36. The molecule has 0 unspecified atom stereocenters. The van der Waals surface area contributed by atoms with E-state index in [1.807, 2.05) is 0 Å². The summed E-state index contributed by atoms with van der Waals surface area (Å²) in [6, 6.07) is 4.89. The van der Waals surface area contributed by atoms with Crippen LogP contribution in [0.25, 0.3) is 0 Å². The van der Waals surface area contributed by atoms with Crippen LogP contribution in [-0.2, 0) is 9.59 Å². The van der Waals surface area contributed by atoms with Crippen molar-refractivity contribution in [3.8, 4) is 0 Å². The van der Waals surface area contributed by atoms with Gasteiger partial charge in [0.15, 0.2) is 0 Å². The number of fused-ring (bicyclic) bond motifs is 1. The lowest BCUT2D eigenvalue weighted by molar-refractivity contribution is -0.144. The lowest BCUT2D eigenvalue weighted by atomic mass is 10.1. The van der Waals surface area contributed by atoms with Crippen molar-refractivity contribution >= 4 is 39.6 Å². The summed E-state index contributed by atoms with van der Waals surface area (Å²) >= 11 is 3.27. The van der Waals surface area contributed by atoms with E-state index in [0.717, 1.165) is 4.90 Å². The molecule has 1 N–H and O–H groups in total. The van der Waals surface area contributed by atoms with Gasteiger partial charge in [-0.25, -0.2) is 0 Å². The quantitative estimate of drug-likeness (QED) is 0.708. The fourth-order valence-electron chi connectivity index (χ4n) is 2.55. The molecule has 8 heteroatoms. The van der Waals surface area contributed by atoms with E-state index in [-0.39, 0.29) is 37.2 Å². The minimum Gasteiger partial charge on any atom is -0.480 e. The van der Waals surface area contributed by atoms with Gasteiger partial charge in [-0.1, -0.05) is 15.9 Å². The maximum absolute atomic E-state index is 12.3. The van der Waals surface area contributed by atoms with E-state index in [9.17, 15) is 19.2 Å². The molecule has 0 saturated carbocycles. The molecule has 1 aliphatic heterocycles. The number of likely N-dealkylation sites (N-methyl/N-ethyl adjacent to an activating group) is 1. The molecule has 0 atom stereocenters. The first-order chi connectivity index (χ1) is 11.3. The van der Waals surface area contributed by atoms with E-state index in [1.165, 1.54) is 4.90 Å². The summed E-state index contributed by atoms with van der Waals surface area (Å²) in [4.78, 5) is 49.6. The van der Waals surface area contributed by atoms with E-state index >= 15 is 0 Å². The highest BCUT2D eigenvalue weighted by molar-refractivity contribution is 9.10. The Kier molecular flexibility index (Phi) is 5.71. The summed E-state index contributed by atoms with van der Waals surface area (Å²) in [5.41, 5.74) is 0.706. The Balaban J connectivity index is 1.94. The molecule has 24 heavy (non-hydrogen) atoms. The zero-order valence-electron chi connectivity index (χ0n) is 13.1. The van der Waals surface area contributed by atoms with E-state index in [4.69, 9.17) is 5.11 Å². The molecule has 0 bridgehead atoms. The molecule has 2 rings (SSSR count).